The summed E-state index contributed by atoms with van der Waals surface area (Å²) in [4.78, 5) is 16.7. The monoisotopic (exact) mass is 466 g/mol. The van der Waals surface area contributed by atoms with E-state index < -0.39 is 0 Å². The van der Waals surface area contributed by atoms with Crippen LogP contribution in [0.3, 0.4) is 0 Å². The molecular formula is C27H42N6O. The third-order valence-electron chi connectivity index (χ3n) is 7.00. The second-order valence-corrected chi connectivity index (χ2v) is 9.90. The van der Waals surface area contributed by atoms with Crippen molar-refractivity contribution in [3.05, 3.63) is 30.1 Å². The summed E-state index contributed by atoms with van der Waals surface area (Å²) in [6, 6.07) is 4.29. The van der Waals surface area contributed by atoms with Gasteiger partial charge in [-0.25, -0.2) is 4.98 Å². The number of pyridine rings is 1. The number of hydrogen-bond donors (Lipinski definition) is 3. The molecule has 1 saturated heterocycles. The fourth-order valence-corrected chi connectivity index (χ4v) is 4.93. The van der Waals surface area contributed by atoms with E-state index in [9.17, 15) is 5.11 Å². The van der Waals surface area contributed by atoms with Crippen LogP contribution >= 0.6 is 0 Å². The summed E-state index contributed by atoms with van der Waals surface area (Å²) < 4.78 is 0. The van der Waals surface area contributed by atoms with Gasteiger partial charge in [-0.05, 0) is 69.7 Å². The molecule has 2 aromatic rings. The van der Waals surface area contributed by atoms with Crippen molar-refractivity contribution in [1.29, 1.82) is 0 Å². The van der Waals surface area contributed by atoms with Gasteiger partial charge in [0.15, 0.2) is 0 Å². The molecule has 4 rings (SSSR count). The molecule has 0 saturated carbocycles. The number of aliphatic hydroxyl groups is 1. The van der Waals surface area contributed by atoms with Crippen molar-refractivity contribution in [2.45, 2.75) is 89.7 Å². The van der Waals surface area contributed by atoms with Gasteiger partial charge >= 0.3 is 0 Å². The Kier molecular flexibility index (Phi) is 9.94. The Bertz CT molecular complexity index is 853. The molecule has 0 aromatic carbocycles. The molecule has 0 aliphatic carbocycles. The highest BCUT2D eigenvalue weighted by atomic mass is 16.3. The van der Waals surface area contributed by atoms with Gasteiger partial charge in [0.25, 0.3) is 0 Å². The zero-order chi connectivity index (χ0) is 23.4. The maximum atomic E-state index is 10.2. The summed E-state index contributed by atoms with van der Waals surface area (Å²) in [5.74, 6) is 1.51. The van der Waals surface area contributed by atoms with E-state index in [-0.39, 0.29) is 6.10 Å². The van der Waals surface area contributed by atoms with Crippen molar-refractivity contribution in [1.82, 2.24) is 19.9 Å². The summed E-state index contributed by atoms with van der Waals surface area (Å²) in [6.45, 7) is 5.06. The molecule has 2 aromatic heterocycles. The summed E-state index contributed by atoms with van der Waals surface area (Å²) in [6.07, 6.45) is 17.4. The van der Waals surface area contributed by atoms with E-state index >= 15 is 0 Å². The van der Waals surface area contributed by atoms with Gasteiger partial charge in [-0.15, -0.1) is 0 Å². The molecule has 3 N–H and O–H groups in total. The van der Waals surface area contributed by atoms with E-state index in [1.54, 1.807) is 0 Å². The van der Waals surface area contributed by atoms with Crippen LogP contribution in [-0.2, 0) is 6.54 Å². The van der Waals surface area contributed by atoms with Gasteiger partial charge in [0.1, 0.15) is 5.82 Å². The van der Waals surface area contributed by atoms with Crippen LogP contribution in [0.15, 0.2) is 24.5 Å². The minimum atomic E-state index is -0.161. The number of aromatic nitrogens is 3. The predicted molar refractivity (Wildman–Crippen MR) is 139 cm³/mol. The second kappa shape index (κ2) is 13.6. The van der Waals surface area contributed by atoms with Crippen LogP contribution in [0.2, 0.25) is 0 Å². The van der Waals surface area contributed by atoms with Crippen molar-refractivity contribution in [3.63, 3.8) is 0 Å². The lowest BCUT2D eigenvalue weighted by Crippen LogP contribution is -2.29. The molecule has 186 valence electrons. The molecule has 34 heavy (non-hydrogen) atoms. The lowest BCUT2D eigenvalue weighted by molar-refractivity contribution is 0.148. The lowest BCUT2D eigenvalue weighted by atomic mass is 10.0. The Hall–Kier alpha value is -2.25. The van der Waals surface area contributed by atoms with Crippen molar-refractivity contribution in [3.8, 4) is 11.3 Å². The maximum Gasteiger partial charge on any atom is 0.224 e. The fourth-order valence-electron chi connectivity index (χ4n) is 4.93. The first-order valence-electron chi connectivity index (χ1n) is 13.5. The van der Waals surface area contributed by atoms with Crippen LogP contribution in [0.25, 0.3) is 11.3 Å². The third-order valence-corrected chi connectivity index (χ3v) is 7.00. The molecular weight excluding hydrogens is 424 g/mol. The van der Waals surface area contributed by atoms with Crippen LogP contribution < -0.4 is 10.6 Å². The van der Waals surface area contributed by atoms with E-state index in [4.69, 9.17) is 9.97 Å². The summed E-state index contributed by atoms with van der Waals surface area (Å²) in [5.41, 5.74) is 3.10. The number of likely N-dealkylation sites (tertiary alicyclic amines) is 1. The summed E-state index contributed by atoms with van der Waals surface area (Å²) >= 11 is 0. The number of aliphatic hydroxyl groups excluding tert-OH is 1. The second-order valence-electron chi connectivity index (χ2n) is 9.90. The molecule has 7 nitrogen and oxygen atoms in total. The molecule has 0 radical (unpaired) electrons. The maximum absolute atomic E-state index is 10.2. The minimum absolute atomic E-state index is 0.161. The number of hydrogen-bond acceptors (Lipinski definition) is 7. The first-order chi connectivity index (χ1) is 16.8. The molecule has 2 bridgehead atoms. The Balaban J connectivity index is 1.43. The van der Waals surface area contributed by atoms with Crippen LogP contribution in [0.5, 0.6) is 0 Å². The third kappa shape index (κ3) is 7.91. The highest BCUT2D eigenvalue weighted by Gasteiger charge is 2.14. The van der Waals surface area contributed by atoms with Crippen LogP contribution in [-0.4, -0.2) is 57.2 Å². The smallest absolute Gasteiger partial charge is 0.224 e. The normalized spacial score (nSPS) is 21.7. The number of nitrogens with one attached hydrogen (secondary N) is 2. The Morgan fingerprint density at radius 2 is 1.50 bits per heavy atom. The minimum Gasteiger partial charge on any atom is -0.393 e. The largest absolute Gasteiger partial charge is 0.393 e. The van der Waals surface area contributed by atoms with E-state index in [1.165, 1.54) is 57.2 Å². The highest BCUT2D eigenvalue weighted by Crippen LogP contribution is 2.26. The first-order valence-corrected chi connectivity index (χ1v) is 13.5. The van der Waals surface area contributed by atoms with Gasteiger partial charge in [0.05, 0.1) is 17.4 Å². The van der Waals surface area contributed by atoms with Crippen molar-refractivity contribution >= 4 is 11.8 Å². The van der Waals surface area contributed by atoms with Crippen molar-refractivity contribution in [2.24, 2.45) is 0 Å². The molecule has 7 heteroatoms. The van der Waals surface area contributed by atoms with Gasteiger partial charge in [-0.3, -0.25) is 9.88 Å². The van der Waals surface area contributed by atoms with Gasteiger partial charge in [0.2, 0.25) is 5.95 Å². The Morgan fingerprint density at radius 3 is 2.32 bits per heavy atom. The SMILES string of the molecule is OC1CCCCCCCNc2ncc(-c3ccc(CN4CCCCC4)cn3)c(n2)NCCCC1. The summed E-state index contributed by atoms with van der Waals surface area (Å²) in [5, 5.41) is 17.1. The molecule has 2 aliphatic heterocycles. The van der Waals surface area contributed by atoms with Crippen molar-refractivity contribution < 1.29 is 5.11 Å². The van der Waals surface area contributed by atoms with E-state index in [0.717, 1.165) is 75.2 Å². The van der Waals surface area contributed by atoms with Gasteiger partial charge in [-0.2, -0.15) is 4.98 Å². The molecule has 0 spiro atoms. The topological polar surface area (TPSA) is 86.2 Å². The number of nitrogens with zero attached hydrogens (tertiary/aromatic N) is 4. The van der Waals surface area contributed by atoms with Gasteiger partial charge in [0, 0.05) is 32.0 Å². The molecule has 2 aliphatic rings. The van der Waals surface area contributed by atoms with Gasteiger partial charge < -0.3 is 15.7 Å². The predicted octanol–water partition coefficient (Wildman–Crippen LogP) is 5.23. The van der Waals surface area contributed by atoms with E-state index in [0.29, 0.717) is 5.95 Å². The average molecular weight is 467 g/mol. The summed E-state index contributed by atoms with van der Waals surface area (Å²) in [7, 11) is 0. The zero-order valence-corrected chi connectivity index (χ0v) is 20.6. The zero-order valence-electron chi connectivity index (χ0n) is 20.6. The Morgan fingerprint density at radius 1 is 0.794 bits per heavy atom. The molecule has 1 atom stereocenters. The van der Waals surface area contributed by atoms with Crippen LogP contribution in [0, 0.1) is 0 Å². The quantitative estimate of drug-likeness (QED) is 0.571. The number of fused-ring (bicyclic) bond motifs is 2. The van der Waals surface area contributed by atoms with E-state index in [2.05, 4.69) is 32.7 Å². The first kappa shape index (κ1) is 24.9. The van der Waals surface area contributed by atoms with Crippen LogP contribution in [0.4, 0.5) is 11.8 Å². The molecule has 1 fully saturated rings. The lowest BCUT2D eigenvalue weighted by Gasteiger charge is -2.26. The van der Waals surface area contributed by atoms with E-state index in [1.807, 2.05) is 12.4 Å². The molecule has 0 amide bonds. The number of anilines is 2. The molecule has 1 unspecified atom stereocenters. The number of piperidine rings is 1. The fraction of sp³-hybridized carbons (Fsp3) is 0.667. The average Bonchev–Trinajstić information content (AvgIpc) is 2.86. The van der Waals surface area contributed by atoms with Crippen LogP contribution in [0.1, 0.15) is 82.6 Å². The number of rotatable bonds is 3. The molecule has 4 heterocycles. The standard InChI is InChI=1S/C27H42N6O/c34-23-11-5-2-1-3-7-16-29-27-31-20-24(26(32-27)28-15-8-6-12-23)25-14-13-22(19-30-25)21-33-17-9-4-10-18-33/h13-14,19-20,23,34H,1-12,15-18,21H2,(H2,28,29,31,32). The van der Waals surface area contributed by atoms with Gasteiger partial charge in [-0.1, -0.05) is 38.2 Å². The Labute approximate surface area is 204 Å². The highest BCUT2D eigenvalue weighted by molar-refractivity contribution is 5.72. The van der Waals surface area contributed by atoms with Crippen molar-refractivity contribution in [2.75, 3.05) is 36.8 Å².